The zero-order valence-electron chi connectivity index (χ0n) is 14.1. The molecule has 0 unspecified atom stereocenters. The topological polar surface area (TPSA) is 38.3 Å². The summed E-state index contributed by atoms with van der Waals surface area (Å²) in [5.74, 6) is 1.46. The van der Waals surface area contributed by atoms with Crippen molar-refractivity contribution in [3.05, 3.63) is 108 Å². The van der Waals surface area contributed by atoms with E-state index in [1.807, 2.05) is 97.1 Å². The maximum atomic E-state index is 12.2. The number of benzene rings is 3. The Balaban J connectivity index is 1.53. The molecule has 3 heteroatoms. The van der Waals surface area contributed by atoms with Crippen LogP contribution in [0.15, 0.2) is 96.6 Å². The van der Waals surface area contributed by atoms with Crippen LogP contribution < -0.4 is 10.1 Å². The highest BCUT2D eigenvalue weighted by atomic mass is 16.5. The van der Waals surface area contributed by atoms with E-state index in [0.29, 0.717) is 5.57 Å². The van der Waals surface area contributed by atoms with Gasteiger partial charge in [0.1, 0.15) is 11.5 Å². The molecule has 3 aromatic carbocycles. The molecule has 3 nitrogen and oxygen atoms in total. The molecule has 0 atom stereocenters. The third-order valence-electron chi connectivity index (χ3n) is 4.08. The Morgan fingerprint density at radius 3 is 2.04 bits per heavy atom. The largest absolute Gasteiger partial charge is 0.457 e. The van der Waals surface area contributed by atoms with Gasteiger partial charge in [0.25, 0.3) is 5.91 Å². The molecule has 0 aliphatic carbocycles. The van der Waals surface area contributed by atoms with Crippen molar-refractivity contribution in [2.75, 3.05) is 0 Å². The molecule has 126 valence electrons. The van der Waals surface area contributed by atoms with Crippen molar-refractivity contribution in [3.8, 4) is 11.5 Å². The van der Waals surface area contributed by atoms with Crippen LogP contribution >= 0.6 is 0 Å². The molecule has 1 heterocycles. The van der Waals surface area contributed by atoms with Crippen molar-refractivity contribution in [3.63, 3.8) is 0 Å². The molecule has 4 rings (SSSR count). The van der Waals surface area contributed by atoms with Gasteiger partial charge in [-0.1, -0.05) is 48.5 Å². The Kier molecular flexibility index (Phi) is 4.35. The van der Waals surface area contributed by atoms with Crippen LogP contribution in [0.1, 0.15) is 11.1 Å². The SMILES string of the molecule is O=C1NC(c2ccc(Oc3ccccc3)cc2)=C/C1=C\c1ccccc1. The number of rotatable bonds is 4. The number of ether oxygens (including phenoxy) is 1. The molecule has 26 heavy (non-hydrogen) atoms. The van der Waals surface area contributed by atoms with Crippen molar-refractivity contribution in [1.82, 2.24) is 5.32 Å². The van der Waals surface area contributed by atoms with E-state index in [1.165, 1.54) is 0 Å². The Morgan fingerprint density at radius 2 is 1.35 bits per heavy atom. The van der Waals surface area contributed by atoms with Crippen LogP contribution in [0, 0.1) is 0 Å². The van der Waals surface area contributed by atoms with E-state index < -0.39 is 0 Å². The van der Waals surface area contributed by atoms with Gasteiger partial charge < -0.3 is 10.1 Å². The maximum absolute atomic E-state index is 12.2. The smallest absolute Gasteiger partial charge is 0.255 e. The summed E-state index contributed by atoms with van der Waals surface area (Å²) in [7, 11) is 0. The summed E-state index contributed by atoms with van der Waals surface area (Å²) < 4.78 is 5.80. The minimum absolute atomic E-state index is 0.0894. The first kappa shape index (κ1) is 15.9. The Labute approximate surface area is 152 Å². The lowest BCUT2D eigenvalue weighted by Gasteiger charge is -2.07. The first-order chi connectivity index (χ1) is 12.8. The van der Waals surface area contributed by atoms with Crippen molar-refractivity contribution in [1.29, 1.82) is 0 Å². The highest BCUT2D eigenvalue weighted by Gasteiger charge is 2.18. The summed E-state index contributed by atoms with van der Waals surface area (Å²) in [5, 5.41) is 2.92. The van der Waals surface area contributed by atoms with Crippen LogP contribution in [0.4, 0.5) is 0 Å². The average Bonchev–Trinajstić information content (AvgIpc) is 3.04. The van der Waals surface area contributed by atoms with Gasteiger partial charge in [0.2, 0.25) is 0 Å². The van der Waals surface area contributed by atoms with Crippen LogP contribution in [0.25, 0.3) is 11.8 Å². The lowest BCUT2D eigenvalue weighted by molar-refractivity contribution is -0.115. The molecule has 0 saturated carbocycles. The zero-order chi connectivity index (χ0) is 17.8. The lowest BCUT2D eigenvalue weighted by atomic mass is 10.1. The molecule has 1 aliphatic heterocycles. The summed E-state index contributed by atoms with van der Waals surface area (Å²) >= 11 is 0. The van der Waals surface area contributed by atoms with Crippen LogP contribution in [0.5, 0.6) is 11.5 Å². The van der Waals surface area contributed by atoms with E-state index in [1.54, 1.807) is 0 Å². The Hall–Kier alpha value is -3.59. The number of para-hydroxylation sites is 1. The number of nitrogens with one attached hydrogen (secondary N) is 1. The molecule has 0 aromatic heterocycles. The minimum Gasteiger partial charge on any atom is -0.457 e. The summed E-state index contributed by atoms with van der Waals surface area (Å²) in [6.45, 7) is 0. The quantitative estimate of drug-likeness (QED) is 0.677. The van der Waals surface area contributed by atoms with E-state index in [9.17, 15) is 4.79 Å². The van der Waals surface area contributed by atoms with E-state index in [0.717, 1.165) is 28.3 Å². The highest BCUT2D eigenvalue weighted by molar-refractivity contribution is 6.10. The van der Waals surface area contributed by atoms with Gasteiger partial charge in [-0.2, -0.15) is 0 Å². The number of hydrogen-bond acceptors (Lipinski definition) is 2. The van der Waals surface area contributed by atoms with Gasteiger partial charge in [-0.3, -0.25) is 4.79 Å². The molecule has 0 spiro atoms. The molecule has 0 bridgehead atoms. The Bertz CT molecular complexity index is 972. The monoisotopic (exact) mass is 339 g/mol. The number of carbonyl (C=O) groups excluding carboxylic acids is 1. The van der Waals surface area contributed by atoms with Crippen LogP contribution in [0.2, 0.25) is 0 Å². The van der Waals surface area contributed by atoms with Gasteiger partial charge in [-0.25, -0.2) is 0 Å². The molecule has 1 amide bonds. The molecule has 1 aliphatic rings. The van der Waals surface area contributed by atoms with E-state index in [4.69, 9.17) is 4.74 Å². The van der Waals surface area contributed by atoms with Crippen molar-refractivity contribution in [2.45, 2.75) is 0 Å². The average molecular weight is 339 g/mol. The zero-order valence-corrected chi connectivity index (χ0v) is 14.1. The normalized spacial score (nSPS) is 14.8. The summed E-state index contributed by atoms with van der Waals surface area (Å²) in [5.41, 5.74) is 3.39. The fraction of sp³-hybridized carbons (Fsp3) is 0. The fourth-order valence-corrected chi connectivity index (χ4v) is 2.77. The van der Waals surface area contributed by atoms with Gasteiger partial charge in [0, 0.05) is 11.3 Å². The summed E-state index contributed by atoms with van der Waals surface area (Å²) in [6, 6.07) is 27.1. The third-order valence-corrected chi connectivity index (χ3v) is 4.08. The van der Waals surface area contributed by atoms with Crippen molar-refractivity contribution < 1.29 is 9.53 Å². The summed E-state index contributed by atoms with van der Waals surface area (Å²) in [6.07, 6.45) is 3.76. The molecular formula is C23H17NO2. The van der Waals surface area contributed by atoms with Gasteiger partial charge in [0.05, 0.1) is 0 Å². The van der Waals surface area contributed by atoms with E-state index in [-0.39, 0.29) is 5.91 Å². The molecule has 3 aromatic rings. The van der Waals surface area contributed by atoms with E-state index >= 15 is 0 Å². The van der Waals surface area contributed by atoms with Gasteiger partial charge >= 0.3 is 0 Å². The van der Waals surface area contributed by atoms with Gasteiger partial charge in [0.15, 0.2) is 0 Å². The van der Waals surface area contributed by atoms with E-state index in [2.05, 4.69) is 5.32 Å². The maximum Gasteiger partial charge on any atom is 0.255 e. The second-order valence-electron chi connectivity index (χ2n) is 5.96. The second kappa shape index (κ2) is 7.11. The summed E-state index contributed by atoms with van der Waals surface area (Å²) in [4.78, 5) is 12.2. The highest BCUT2D eigenvalue weighted by Crippen LogP contribution is 2.26. The molecule has 0 fully saturated rings. The van der Waals surface area contributed by atoms with Crippen molar-refractivity contribution >= 4 is 17.7 Å². The van der Waals surface area contributed by atoms with Crippen LogP contribution in [0.3, 0.4) is 0 Å². The van der Waals surface area contributed by atoms with Crippen LogP contribution in [-0.4, -0.2) is 5.91 Å². The minimum atomic E-state index is -0.0894. The molecule has 1 N–H and O–H groups in total. The number of hydrogen-bond donors (Lipinski definition) is 1. The first-order valence-corrected chi connectivity index (χ1v) is 8.41. The van der Waals surface area contributed by atoms with Gasteiger partial charge in [-0.15, -0.1) is 0 Å². The predicted molar refractivity (Wildman–Crippen MR) is 103 cm³/mol. The van der Waals surface area contributed by atoms with Gasteiger partial charge in [-0.05, 0) is 59.7 Å². The standard InChI is InChI=1S/C23H17NO2/c25-23-19(15-17-7-3-1-4-8-17)16-22(24-23)18-11-13-21(14-12-18)26-20-9-5-2-6-10-20/h1-16H,(H,24,25)/b19-15+. The third kappa shape index (κ3) is 3.57. The number of carbonyl (C=O) groups is 1. The fourth-order valence-electron chi connectivity index (χ4n) is 2.77. The van der Waals surface area contributed by atoms with Crippen LogP contribution in [-0.2, 0) is 4.79 Å². The second-order valence-corrected chi connectivity index (χ2v) is 5.96. The molecule has 0 radical (unpaired) electrons. The Morgan fingerprint density at radius 1 is 0.731 bits per heavy atom. The number of amides is 1. The molecular weight excluding hydrogens is 322 g/mol. The molecule has 0 saturated heterocycles. The lowest BCUT2D eigenvalue weighted by Crippen LogP contribution is -2.15. The first-order valence-electron chi connectivity index (χ1n) is 8.41. The predicted octanol–water partition coefficient (Wildman–Crippen LogP) is 5.03. The van der Waals surface area contributed by atoms with Crippen molar-refractivity contribution in [2.24, 2.45) is 0 Å².